The molecule has 0 aromatic heterocycles. The van der Waals surface area contributed by atoms with Crippen molar-refractivity contribution in [3.63, 3.8) is 0 Å². The number of aryl methyl sites for hydroxylation is 2. The van der Waals surface area contributed by atoms with Gasteiger partial charge in [0.2, 0.25) is 0 Å². The smallest absolute Gasteiger partial charge is 0.123 e. The summed E-state index contributed by atoms with van der Waals surface area (Å²) < 4.78 is 18.5. The molecule has 3 rings (SSSR count). The number of aliphatic hydroxyl groups is 1. The van der Waals surface area contributed by atoms with Crippen LogP contribution in [0.5, 0.6) is 5.75 Å². The number of ether oxygens (including phenoxy) is 1. The largest absolute Gasteiger partial charge is 0.497 e. The van der Waals surface area contributed by atoms with E-state index in [2.05, 4.69) is 0 Å². The van der Waals surface area contributed by atoms with Gasteiger partial charge in [-0.05, 0) is 66.3 Å². The number of fused-ring (bicyclic) bond motifs is 1. The molecule has 110 valence electrons. The molecule has 21 heavy (non-hydrogen) atoms. The molecule has 0 aliphatic heterocycles. The highest BCUT2D eigenvalue weighted by Gasteiger charge is 2.37. The molecule has 3 heteroatoms. The van der Waals surface area contributed by atoms with Crippen molar-refractivity contribution in [3.05, 3.63) is 64.5 Å². The van der Waals surface area contributed by atoms with E-state index < -0.39 is 5.60 Å². The second-order valence-electron chi connectivity index (χ2n) is 5.80. The van der Waals surface area contributed by atoms with Gasteiger partial charge in [-0.15, -0.1) is 0 Å². The summed E-state index contributed by atoms with van der Waals surface area (Å²) in [5, 5.41) is 11.1. The highest BCUT2D eigenvalue weighted by Crippen LogP contribution is 2.41. The number of benzene rings is 2. The fourth-order valence-corrected chi connectivity index (χ4v) is 3.17. The van der Waals surface area contributed by atoms with E-state index in [9.17, 15) is 9.50 Å². The Kier molecular flexibility index (Phi) is 3.46. The van der Waals surface area contributed by atoms with Gasteiger partial charge in [-0.2, -0.15) is 0 Å². The van der Waals surface area contributed by atoms with E-state index in [4.69, 9.17) is 4.74 Å². The molecule has 1 N–H and O–H groups in total. The molecule has 2 aromatic carbocycles. The van der Waals surface area contributed by atoms with Gasteiger partial charge < -0.3 is 9.84 Å². The highest BCUT2D eigenvalue weighted by atomic mass is 19.1. The number of hydrogen-bond donors (Lipinski definition) is 1. The van der Waals surface area contributed by atoms with Crippen LogP contribution >= 0.6 is 0 Å². The molecule has 0 bridgehead atoms. The van der Waals surface area contributed by atoms with Gasteiger partial charge in [-0.1, -0.05) is 12.1 Å². The van der Waals surface area contributed by atoms with E-state index in [1.54, 1.807) is 13.2 Å². The maximum Gasteiger partial charge on any atom is 0.123 e. The van der Waals surface area contributed by atoms with E-state index in [1.165, 1.54) is 12.1 Å². The first-order chi connectivity index (χ1) is 10.0. The highest BCUT2D eigenvalue weighted by molar-refractivity contribution is 5.44. The third-order valence-electron chi connectivity index (χ3n) is 4.41. The van der Waals surface area contributed by atoms with Crippen LogP contribution in [0.3, 0.4) is 0 Å². The molecule has 0 amide bonds. The van der Waals surface area contributed by atoms with Crippen LogP contribution in [0.4, 0.5) is 4.39 Å². The van der Waals surface area contributed by atoms with E-state index in [1.807, 2.05) is 25.1 Å². The van der Waals surface area contributed by atoms with Crippen molar-refractivity contribution in [2.24, 2.45) is 0 Å². The summed E-state index contributed by atoms with van der Waals surface area (Å²) in [6.07, 6.45) is 2.04. The Morgan fingerprint density at radius 2 is 2.05 bits per heavy atom. The summed E-state index contributed by atoms with van der Waals surface area (Å²) in [7, 11) is 1.62. The monoisotopic (exact) mass is 286 g/mol. The van der Waals surface area contributed by atoms with Gasteiger partial charge in [0, 0.05) is 6.42 Å². The second-order valence-corrected chi connectivity index (χ2v) is 5.80. The summed E-state index contributed by atoms with van der Waals surface area (Å²) in [4.78, 5) is 0. The Balaban J connectivity index is 1.96. The standard InChI is InChI=1S/C18H19FO2/c1-12-9-15(19)5-3-14(12)11-18(20)8-7-13-4-6-16(21-2)10-17(13)18/h3-6,9-10,20H,7-8,11H2,1-2H3. The van der Waals surface area contributed by atoms with E-state index in [-0.39, 0.29) is 5.82 Å². The lowest BCUT2D eigenvalue weighted by molar-refractivity contribution is 0.0386. The van der Waals surface area contributed by atoms with Crippen molar-refractivity contribution in [1.82, 2.24) is 0 Å². The molecule has 0 spiro atoms. The number of hydrogen-bond acceptors (Lipinski definition) is 2. The zero-order valence-electron chi connectivity index (χ0n) is 12.3. The molecule has 0 heterocycles. The lowest BCUT2D eigenvalue weighted by Gasteiger charge is -2.25. The van der Waals surface area contributed by atoms with Crippen molar-refractivity contribution in [2.75, 3.05) is 7.11 Å². The molecular formula is C18H19FO2. The van der Waals surface area contributed by atoms with Gasteiger partial charge >= 0.3 is 0 Å². The topological polar surface area (TPSA) is 29.5 Å². The van der Waals surface area contributed by atoms with Crippen LogP contribution in [0.1, 0.15) is 28.7 Å². The van der Waals surface area contributed by atoms with E-state index in [0.717, 1.165) is 34.4 Å². The predicted molar refractivity (Wildman–Crippen MR) is 80.1 cm³/mol. The molecule has 1 atom stereocenters. The van der Waals surface area contributed by atoms with Crippen molar-refractivity contribution in [2.45, 2.75) is 31.8 Å². The number of rotatable bonds is 3. The third-order valence-corrected chi connectivity index (χ3v) is 4.41. The van der Waals surface area contributed by atoms with Gasteiger partial charge in [0.25, 0.3) is 0 Å². The third kappa shape index (κ3) is 2.54. The molecule has 0 fully saturated rings. The second kappa shape index (κ2) is 5.15. The van der Waals surface area contributed by atoms with Gasteiger partial charge in [-0.25, -0.2) is 4.39 Å². The van der Waals surface area contributed by atoms with Crippen molar-refractivity contribution >= 4 is 0 Å². The van der Waals surface area contributed by atoms with Crippen LogP contribution in [0.15, 0.2) is 36.4 Å². The van der Waals surface area contributed by atoms with Crippen molar-refractivity contribution in [3.8, 4) is 5.75 Å². The summed E-state index contributed by atoms with van der Waals surface area (Å²) in [5.41, 5.74) is 3.06. The van der Waals surface area contributed by atoms with Crippen molar-refractivity contribution in [1.29, 1.82) is 0 Å². The zero-order valence-corrected chi connectivity index (χ0v) is 12.3. The molecule has 1 aliphatic rings. The molecule has 0 saturated carbocycles. The molecule has 0 radical (unpaired) electrons. The Morgan fingerprint density at radius 3 is 2.76 bits per heavy atom. The Morgan fingerprint density at radius 1 is 1.24 bits per heavy atom. The fraction of sp³-hybridized carbons (Fsp3) is 0.333. The van der Waals surface area contributed by atoms with Gasteiger partial charge in [0.05, 0.1) is 12.7 Å². The zero-order chi connectivity index (χ0) is 15.0. The van der Waals surface area contributed by atoms with Crippen LogP contribution < -0.4 is 4.74 Å². The maximum absolute atomic E-state index is 13.2. The normalized spacial score (nSPS) is 20.4. The Bertz CT molecular complexity index is 681. The summed E-state index contributed by atoms with van der Waals surface area (Å²) in [6, 6.07) is 10.6. The molecule has 1 unspecified atom stereocenters. The quantitative estimate of drug-likeness (QED) is 0.935. The minimum absolute atomic E-state index is 0.239. The minimum Gasteiger partial charge on any atom is -0.497 e. The lowest BCUT2D eigenvalue weighted by atomic mass is 9.87. The van der Waals surface area contributed by atoms with E-state index >= 15 is 0 Å². The minimum atomic E-state index is -0.896. The average Bonchev–Trinajstić information content (AvgIpc) is 2.79. The van der Waals surface area contributed by atoms with Crippen LogP contribution in [0, 0.1) is 12.7 Å². The Hall–Kier alpha value is -1.87. The molecule has 1 aliphatic carbocycles. The van der Waals surface area contributed by atoms with Crippen LogP contribution in [0.2, 0.25) is 0 Å². The van der Waals surface area contributed by atoms with Gasteiger partial charge in [-0.3, -0.25) is 0 Å². The average molecular weight is 286 g/mol. The molecule has 2 nitrogen and oxygen atoms in total. The summed E-state index contributed by atoms with van der Waals surface area (Å²) >= 11 is 0. The summed E-state index contributed by atoms with van der Waals surface area (Å²) in [5.74, 6) is 0.515. The first-order valence-electron chi connectivity index (χ1n) is 7.17. The van der Waals surface area contributed by atoms with Gasteiger partial charge in [0.1, 0.15) is 11.6 Å². The first-order valence-corrected chi connectivity index (χ1v) is 7.17. The molecular weight excluding hydrogens is 267 g/mol. The van der Waals surface area contributed by atoms with Gasteiger partial charge in [0.15, 0.2) is 0 Å². The maximum atomic E-state index is 13.2. The Labute approximate surface area is 124 Å². The fourth-order valence-electron chi connectivity index (χ4n) is 3.17. The SMILES string of the molecule is COc1ccc2c(c1)C(O)(Cc1ccc(F)cc1C)CC2. The number of halogens is 1. The lowest BCUT2D eigenvalue weighted by Crippen LogP contribution is -2.25. The van der Waals surface area contributed by atoms with Crippen LogP contribution in [-0.4, -0.2) is 12.2 Å². The van der Waals surface area contributed by atoms with Crippen LogP contribution in [0.25, 0.3) is 0 Å². The predicted octanol–water partition coefficient (Wildman–Crippen LogP) is 3.52. The van der Waals surface area contributed by atoms with E-state index in [0.29, 0.717) is 12.8 Å². The first kappa shape index (κ1) is 14.1. The van der Waals surface area contributed by atoms with Crippen LogP contribution in [-0.2, 0) is 18.4 Å². The molecule has 2 aromatic rings. The number of methoxy groups -OCH3 is 1. The molecule has 0 saturated heterocycles. The summed E-state index contributed by atoms with van der Waals surface area (Å²) in [6.45, 7) is 1.88. The van der Waals surface area contributed by atoms with Crippen molar-refractivity contribution < 1.29 is 14.2 Å².